The van der Waals surface area contributed by atoms with E-state index >= 15 is 0 Å². The summed E-state index contributed by atoms with van der Waals surface area (Å²) in [5.41, 5.74) is 1.12. The van der Waals surface area contributed by atoms with Gasteiger partial charge in [-0.3, -0.25) is 59.6 Å². The number of nitro groups is 4. The number of ether oxygens (including phenoxy) is 7. The minimum absolute atomic E-state index is 0.0181. The first-order valence-corrected chi connectivity index (χ1v) is 41.8. The van der Waals surface area contributed by atoms with Gasteiger partial charge in [0.1, 0.15) is 40.1 Å². The number of alkyl halides is 3. The monoisotopic (exact) mass is 1880 g/mol. The third-order valence-electron chi connectivity index (χ3n) is 16.1. The van der Waals surface area contributed by atoms with Gasteiger partial charge in [-0.25, -0.2) is 77.0 Å². The van der Waals surface area contributed by atoms with Gasteiger partial charge in [-0.2, -0.15) is 36.3 Å². The van der Waals surface area contributed by atoms with Crippen LogP contribution >= 0.6 is 0 Å². The summed E-state index contributed by atoms with van der Waals surface area (Å²) in [4.78, 5) is 162. The number of aromatic nitrogens is 9. The number of nitrogen functional groups attached to an aromatic ring is 1. The van der Waals surface area contributed by atoms with Crippen molar-refractivity contribution in [3.05, 3.63) is 250 Å². The van der Waals surface area contributed by atoms with E-state index in [2.05, 4.69) is 25.3 Å². The number of nitrogens with two attached hydrogens (primary N) is 2. The van der Waals surface area contributed by atoms with Crippen molar-refractivity contribution in [1.29, 1.82) is 0 Å². The Kier molecular flexibility index (Phi) is 33.1. The van der Waals surface area contributed by atoms with Crippen LogP contribution < -0.4 is 100 Å². The fourth-order valence-corrected chi connectivity index (χ4v) is 12.5. The lowest BCUT2D eigenvalue weighted by Gasteiger charge is -2.13. The van der Waals surface area contributed by atoms with E-state index < -0.39 is 145 Å². The average molecular weight is 1880 g/mol. The zero-order valence-electron chi connectivity index (χ0n) is 66.7. The molecular formula is C66H72F4N20O33S4. The Hall–Kier alpha value is -15.2. The van der Waals surface area contributed by atoms with Gasteiger partial charge in [-0.1, -0.05) is 6.07 Å². The summed E-state index contributed by atoms with van der Waals surface area (Å²) in [5, 5.41) is 53.4. The number of benzene rings is 6. The molecule has 0 saturated carbocycles. The SMILES string of the molecule is COC1CCC(OC)O1.COc1ccc(CN)c(OC)c1.COc1ccc(CNc2cc3c(=O)n(NS(C)(=O)=O)c(=O)[nH]c3cc2[N+](=O)[O-])c(OC)c1.CS(=O)(=O)Nn1c(=O)[nH]c2cc([N+](=O)[O-])c(-n3cccc3)cc2c1=O.CS(=O)(=O)Nn1c(=O)[nH]c2cc([N+](=O)[O-])c(F)cc2c1=O.CS(=O)(=O)Nn1c(=O)[nH]c2cc([N+](=O)[O-])c(N)cc2c1=O.O=C(O)C(F)(F)F. The quantitative estimate of drug-likeness (QED) is 0.0184. The van der Waals surface area contributed by atoms with Crippen LogP contribution in [0.1, 0.15) is 24.0 Å². The second-order valence-corrected chi connectivity index (χ2v) is 32.1. The van der Waals surface area contributed by atoms with Gasteiger partial charge in [0, 0.05) is 100 Å². The minimum Gasteiger partial charge on any atom is -0.497 e. The van der Waals surface area contributed by atoms with E-state index in [1.54, 1.807) is 90.5 Å². The number of anilines is 2. The van der Waals surface area contributed by atoms with Crippen LogP contribution in [0.2, 0.25) is 0 Å². The van der Waals surface area contributed by atoms with Crippen LogP contribution in [-0.4, -0.2) is 194 Å². The lowest BCUT2D eigenvalue weighted by Crippen LogP contribution is -2.43. The third kappa shape index (κ3) is 27.1. The fourth-order valence-electron chi connectivity index (χ4n) is 10.6. The molecule has 1 aliphatic rings. The smallest absolute Gasteiger partial charge is 0.490 e. The molecule has 1 saturated heterocycles. The number of hydrogen-bond donors (Lipinski definition) is 12. The molecule has 11 aromatic rings. The number of methoxy groups -OCH3 is 6. The molecule has 14 N–H and O–H groups in total. The summed E-state index contributed by atoms with van der Waals surface area (Å²) < 4.78 is 173. The molecule has 0 spiro atoms. The molecule has 2 atom stereocenters. The van der Waals surface area contributed by atoms with E-state index in [9.17, 15) is 130 Å². The van der Waals surface area contributed by atoms with Crippen molar-refractivity contribution >= 4 is 124 Å². The van der Waals surface area contributed by atoms with Crippen LogP contribution in [-0.2, 0) is 72.2 Å². The van der Waals surface area contributed by atoms with Crippen molar-refractivity contribution < 1.29 is 114 Å². The molecule has 1 fully saturated rings. The molecule has 12 rings (SSSR count). The summed E-state index contributed by atoms with van der Waals surface area (Å²) in [6.07, 6.45) is 2.82. The van der Waals surface area contributed by atoms with E-state index in [-0.39, 0.29) is 94.1 Å². The highest BCUT2D eigenvalue weighted by Gasteiger charge is 2.38. The van der Waals surface area contributed by atoms with Crippen molar-refractivity contribution in [2.24, 2.45) is 5.73 Å². The molecule has 6 aromatic carbocycles. The molecule has 53 nitrogen and oxygen atoms in total. The first-order chi connectivity index (χ1) is 59.0. The number of halogens is 4. The molecule has 686 valence electrons. The Morgan fingerprint density at radius 3 is 1.17 bits per heavy atom. The Bertz CT molecular complexity index is 6910. The number of nitro benzene ring substituents is 4. The number of rotatable bonds is 23. The van der Waals surface area contributed by atoms with Gasteiger partial charge in [-0.15, -0.1) is 0 Å². The van der Waals surface area contributed by atoms with Crippen molar-refractivity contribution in [3.8, 4) is 28.7 Å². The van der Waals surface area contributed by atoms with Crippen molar-refractivity contribution in [1.82, 2.24) is 43.2 Å². The predicted molar refractivity (Wildman–Crippen MR) is 442 cm³/mol. The van der Waals surface area contributed by atoms with Gasteiger partial charge in [-0.05, 0) is 54.6 Å². The van der Waals surface area contributed by atoms with E-state index in [0.29, 0.717) is 46.7 Å². The molecule has 0 aliphatic carbocycles. The molecule has 6 heterocycles. The number of aromatic amines is 4. The minimum atomic E-state index is -5.08. The first kappa shape index (κ1) is 101. The number of hydrogen-bond acceptors (Lipinski definition) is 35. The van der Waals surface area contributed by atoms with Crippen molar-refractivity contribution in [2.75, 3.05) is 98.1 Å². The van der Waals surface area contributed by atoms with Crippen LogP contribution in [0.5, 0.6) is 23.0 Å². The number of nitrogens with one attached hydrogen (secondary N) is 9. The summed E-state index contributed by atoms with van der Waals surface area (Å²) >= 11 is 0. The Morgan fingerprint density at radius 1 is 0.504 bits per heavy atom. The number of fused-ring (bicyclic) bond motifs is 4. The average Bonchev–Trinajstić information content (AvgIpc) is 0.870. The zero-order valence-corrected chi connectivity index (χ0v) is 70.0. The Labute approximate surface area is 705 Å². The maximum Gasteiger partial charge on any atom is 0.490 e. The number of sulfonamides is 4. The lowest BCUT2D eigenvalue weighted by atomic mass is 10.1. The highest BCUT2D eigenvalue weighted by molar-refractivity contribution is 7.92. The van der Waals surface area contributed by atoms with Crippen molar-refractivity contribution in [3.63, 3.8) is 0 Å². The van der Waals surface area contributed by atoms with E-state index in [1.165, 1.54) is 30.9 Å². The number of carboxylic acids is 1. The fraction of sp³-hybridized carbons (Fsp3) is 0.258. The van der Waals surface area contributed by atoms with E-state index in [4.69, 9.17) is 54.5 Å². The van der Waals surface area contributed by atoms with E-state index in [0.717, 1.165) is 72.9 Å². The van der Waals surface area contributed by atoms with Gasteiger partial charge < -0.3 is 79.6 Å². The standard InChI is InChI=1S/C18H19N5O8S.C13H11N5O6S.C9H7FN4O6S.C9H9N5O6S.C9H13NO2.C6H12O3.C2HF3O2/c1-30-11-5-4-10(16(6-11)31-2)9-19-14-7-12-13(8-15(14)23(26)27)20-18(25)22(17(12)24)21-32(3,28)29;1-25(23,24)15-17-12(19)8-6-10(16-4-2-3-5-16)11(18(21)22)7-9(8)14-13(17)20;2*1-21(19,20)12-13-8(15)4-2-5(10)7(14(17)18)3-6(4)11-9(13)16;1-11-8-4-3-7(6-10)9(5-8)12-2;1-7-5-3-4-6(8-2)9-5;3-2(4,5)1(6)7/h4-8,19,21H,9H2,1-3H3,(H,20,25);2-7,15H,1H3,(H,14,20);2-3,12H,1H3,(H,11,16);2-3,12H,10H2,1H3,(H,11,16);3-5H,6,10H2,1-2H3;5-6H,3-4H2,1-2H3;(H,6,7). The van der Waals surface area contributed by atoms with Crippen molar-refractivity contribution in [2.45, 2.75) is 44.7 Å². The van der Waals surface area contributed by atoms with Gasteiger partial charge in [0.2, 0.25) is 45.9 Å². The largest absolute Gasteiger partial charge is 0.497 e. The number of nitrogens with zero attached hydrogens (tertiary/aromatic N) is 9. The number of carbonyl (C=O) groups is 1. The topological polar surface area (TPSA) is 748 Å². The second-order valence-electron chi connectivity index (χ2n) is 25.2. The maximum absolute atomic E-state index is 13.5. The molecular weight excluding hydrogens is 1810 g/mol. The van der Waals surface area contributed by atoms with Crippen LogP contribution in [0.4, 0.5) is 51.7 Å². The molecule has 0 radical (unpaired) electrons. The zero-order chi connectivity index (χ0) is 95.6. The molecule has 1 aliphatic heterocycles. The molecule has 2 unspecified atom stereocenters. The molecule has 127 heavy (non-hydrogen) atoms. The van der Waals surface area contributed by atoms with E-state index in [1.807, 2.05) is 18.2 Å². The maximum atomic E-state index is 13.5. The molecule has 61 heteroatoms. The van der Waals surface area contributed by atoms with Gasteiger partial charge >= 0.3 is 40.6 Å². The normalized spacial score (nSPS) is 12.9. The van der Waals surface area contributed by atoms with Crippen LogP contribution in [0.15, 0.2) is 148 Å². The second kappa shape index (κ2) is 41.8. The van der Waals surface area contributed by atoms with Gasteiger partial charge in [0.05, 0.1) is 117 Å². The number of H-pyrrole nitrogens is 4. The van der Waals surface area contributed by atoms with Crippen LogP contribution in [0, 0.1) is 46.3 Å². The van der Waals surface area contributed by atoms with Gasteiger partial charge in [0.25, 0.3) is 39.3 Å². The number of aliphatic carboxylic acids is 1. The molecule has 0 amide bonds. The highest BCUT2D eigenvalue weighted by atomic mass is 32.2. The summed E-state index contributed by atoms with van der Waals surface area (Å²) in [7, 11) is -6.14. The lowest BCUT2D eigenvalue weighted by molar-refractivity contribution is -0.387. The Morgan fingerprint density at radius 2 is 0.835 bits per heavy atom. The first-order valence-electron chi connectivity index (χ1n) is 34.3. The highest BCUT2D eigenvalue weighted by Crippen LogP contribution is 2.33. The third-order valence-corrected chi connectivity index (χ3v) is 18.2. The van der Waals surface area contributed by atoms with Crippen LogP contribution in [0.25, 0.3) is 49.3 Å². The predicted octanol–water partition coefficient (Wildman–Crippen LogP) is 1.08. The summed E-state index contributed by atoms with van der Waals surface area (Å²) in [6, 6.07) is 21.5. The Balaban J connectivity index is 0.000000239. The van der Waals surface area contributed by atoms with Crippen LogP contribution in [0.3, 0.4) is 0 Å². The van der Waals surface area contributed by atoms with Gasteiger partial charge in [0.15, 0.2) is 12.6 Å². The molecule has 0 bridgehead atoms. The summed E-state index contributed by atoms with van der Waals surface area (Å²) in [6.45, 7) is 0.575. The number of carboxylic acid groups (broad SMARTS) is 1. The summed E-state index contributed by atoms with van der Waals surface area (Å²) in [5.74, 6) is -1.45. The molecule has 5 aromatic heterocycles.